The summed E-state index contributed by atoms with van der Waals surface area (Å²) in [5, 5.41) is 14.3. The SMILES string of the molecule is Cc1onc(-c2ccc(F)cn2)c1CNc1cc(C(=O)NC(C)C)n(C)n1. The van der Waals surface area contributed by atoms with Crippen molar-refractivity contribution in [2.75, 3.05) is 5.32 Å². The van der Waals surface area contributed by atoms with Crippen LogP contribution in [0.25, 0.3) is 11.4 Å². The van der Waals surface area contributed by atoms with Crippen LogP contribution in [0.15, 0.2) is 28.9 Å². The van der Waals surface area contributed by atoms with Crippen LogP contribution >= 0.6 is 0 Å². The van der Waals surface area contributed by atoms with Gasteiger partial charge in [0.1, 0.15) is 28.8 Å². The van der Waals surface area contributed by atoms with E-state index in [-0.39, 0.29) is 11.9 Å². The van der Waals surface area contributed by atoms with Crippen molar-refractivity contribution >= 4 is 11.7 Å². The van der Waals surface area contributed by atoms with Gasteiger partial charge >= 0.3 is 0 Å². The molecule has 0 aromatic carbocycles. The normalized spacial score (nSPS) is 11.0. The van der Waals surface area contributed by atoms with Gasteiger partial charge in [-0.3, -0.25) is 14.5 Å². The molecular weight excluding hydrogens is 351 g/mol. The molecule has 142 valence electrons. The number of rotatable bonds is 6. The highest BCUT2D eigenvalue weighted by Gasteiger charge is 2.18. The lowest BCUT2D eigenvalue weighted by molar-refractivity contribution is 0.0933. The van der Waals surface area contributed by atoms with Crippen molar-refractivity contribution in [1.29, 1.82) is 0 Å². The van der Waals surface area contributed by atoms with Crippen molar-refractivity contribution in [3.8, 4) is 11.4 Å². The molecule has 3 aromatic heterocycles. The zero-order valence-corrected chi connectivity index (χ0v) is 15.6. The molecule has 1 amide bonds. The van der Waals surface area contributed by atoms with E-state index in [2.05, 4.69) is 25.9 Å². The first-order valence-electron chi connectivity index (χ1n) is 8.51. The quantitative estimate of drug-likeness (QED) is 0.690. The van der Waals surface area contributed by atoms with Gasteiger partial charge in [0.05, 0.1) is 11.9 Å². The summed E-state index contributed by atoms with van der Waals surface area (Å²) in [6.07, 6.45) is 1.13. The molecule has 0 spiro atoms. The number of carbonyl (C=O) groups is 1. The van der Waals surface area contributed by atoms with Crippen LogP contribution in [0.5, 0.6) is 0 Å². The molecule has 0 aliphatic carbocycles. The molecule has 2 N–H and O–H groups in total. The lowest BCUT2D eigenvalue weighted by atomic mass is 10.1. The average molecular weight is 372 g/mol. The molecule has 8 nitrogen and oxygen atoms in total. The third-order valence-electron chi connectivity index (χ3n) is 3.93. The maximum atomic E-state index is 13.1. The third kappa shape index (κ3) is 4.13. The van der Waals surface area contributed by atoms with Crippen LogP contribution in [0.3, 0.4) is 0 Å². The zero-order valence-electron chi connectivity index (χ0n) is 15.6. The van der Waals surface area contributed by atoms with Gasteiger partial charge in [0, 0.05) is 31.3 Å². The predicted octanol–water partition coefficient (Wildman–Crippen LogP) is 2.67. The molecule has 3 heterocycles. The second kappa shape index (κ2) is 7.56. The second-order valence-corrected chi connectivity index (χ2v) is 6.45. The molecule has 0 aliphatic heterocycles. The number of hydrogen-bond acceptors (Lipinski definition) is 6. The molecule has 0 unspecified atom stereocenters. The highest BCUT2D eigenvalue weighted by Crippen LogP contribution is 2.24. The Bertz CT molecular complexity index is 945. The molecule has 9 heteroatoms. The summed E-state index contributed by atoms with van der Waals surface area (Å²) in [7, 11) is 1.71. The number of carbonyl (C=O) groups excluding carboxylic acids is 1. The van der Waals surface area contributed by atoms with Gasteiger partial charge in [-0.15, -0.1) is 0 Å². The van der Waals surface area contributed by atoms with Crippen molar-refractivity contribution in [3.05, 3.63) is 47.2 Å². The van der Waals surface area contributed by atoms with Gasteiger partial charge in [-0.25, -0.2) is 4.39 Å². The van der Waals surface area contributed by atoms with Crippen molar-refractivity contribution in [2.24, 2.45) is 7.05 Å². The van der Waals surface area contributed by atoms with E-state index in [4.69, 9.17) is 4.52 Å². The summed E-state index contributed by atoms with van der Waals surface area (Å²) in [6, 6.07) is 4.58. The minimum atomic E-state index is -0.417. The smallest absolute Gasteiger partial charge is 0.269 e. The van der Waals surface area contributed by atoms with E-state index in [1.165, 1.54) is 10.7 Å². The monoisotopic (exact) mass is 372 g/mol. The van der Waals surface area contributed by atoms with Crippen LogP contribution < -0.4 is 10.6 Å². The number of aryl methyl sites for hydroxylation is 2. The van der Waals surface area contributed by atoms with Crippen LogP contribution in [0.1, 0.15) is 35.7 Å². The van der Waals surface area contributed by atoms with Gasteiger partial charge in [0.2, 0.25) is 0 Å². The molecule has 3 rings (SSSR count). The molecule has 0 saturated heterocycles. The average Bonchev–Trinajstić information content (AvgIpc) is 3.16. The van der Waals surface area contributed by atoms with Crippen LogP contribution in [-0.4, -0.2) is 31.9 Å². The summed E-state index contributed by atoms with van der Waals surface area (Å²) in [5.74, 6) is 0.562. The maximum Gasteiger partial charge on any atom is 0.269 e. The van der Waals surface area contributed by atoms with Gasteiger partial charge in [0.15, 0.2) is 0 Å². The molecular formula is C18H21FN6O2. The lowest BCUT2D eigenvalue weighted by Crippen LogP contribution is -2.31. The van der Waals surface area contributed by atoms with E-state index >= 15 is 0 Å². The van der Waals surface area contributed by atoms with Gasteiger partial charge in [-0.2, -0.15) is 5.10 Å². The van der Waals surface area contributed by atoms with Crippen LogP contribution in [0.2, 0.25) is 0 Å². The molecule has 0 bridgehead atoms. The van der Waals surface area contributed by atoms with Crippen molar-refractivity contribution in [2.45, 2.75) is 33.4 Å². The Morgan fingerprint density at radius 1 is 1.37 bits per heavy atom. The fraction of sp³-hybridized carbons (Fsp3) is 0.333. The Morgan fingerprint density at radius 2 is 2.15 bits per heavy atom. The van der Waals surface area contributed by atoms with Crippen LogP contribution in [-0.2, 0) is 13.6 Å². The molecule has 0 aliphatic rings. The Morgan fingerprint density at radius 3 is 2.81 bits per heavy atom. The molecule has 3 aromatic rings. The van der Waals surface area contributed by atoms with Crippen LogP contribution in [0.4, 0.5) is 10.2 Å². The molecule has 0 radical (unpaired) electrons. The topological polar surface area (TPSA) is 97.9 Å². The number of pyridine rings is 1. The Labute approximate surface area is 155 Å². The largest absolute Gasteiger partial charge is 0.364 e. The number of nitrogens with one attached hydrogen (secondary N) is 2. The van der Waals surface area contributed by atoms with Gasteiger partial charge in [-0.05, 0) is 32.9 Å². The Balaban J connectivity index is 1.77. The van der Waals surface area contributed by atoms with E-state index in [1.54, 1.807) is 26.1 Å². The third-order valence-corrected chi connectivity index (χ3v) is 3.93. The van der Waals surface area contributed by atoms with Gasteiger partial charge < -0.3 is 15.2 Å². The fourth-order valence-electron chi connectivity index (χ4n) is 2.60. The van der Waals surface area contributed by atoms with E-state index in [1.807, 2.05) is 13.8 Å². The molecule has 0 saturated carbocycles. The highest BCUT2D eigenvalue weighted by atomic mass is 19.1. The zero-order chi connectivity index (χ0) is 19.6. The summed E-state index contributed by atoms with van der Waals surface area (Å²) >= 11 is 0. The summed E-state index contributed by atoms with van der Waals surface area (Å²) in [6.45, 7) is 5.95. The highest BCUT2D eigenvalue weighted by molar-refractivity contribution is 5.93. The minimum absolute atomic E-state index is 0.0363. The minimum Gasteiger partial charge on any atom is -0.364 e. The maximum absolute atomic E-state index is 13.1. The van der Waals surface area contributed by atoms with E-state index in [0.717, 1.165) is 11.8 Å². The molecule has 27 heavy (non-hydrogen) atoms. The fourth-order valence-corrected chi connectivity index (χ4v) is 2.60. The lowest BCUT2D eigenvalue weighted by Gasteiger charge is -2.07. The molecule has 0 fully saturated rings. The first-order chi connectivity index (χ1) is 12.8. The standard InChI is InChI=1S/C18H21FN6O2/c1-10(2)22-18(26)15-7-16(23-25(15)4)21-9-13-11(3)27-24-17(13)14-6-5-12(19)8-20-14/h5-8,10H,9H2,1-4H3,(H,21,23)(H,22,26). The summed E-state index contributed by atoms with van der Waals surface area (Å²) in [5.41, 5.74) is 2.29. The van der Waals surface area contributed by atoms with Crippen LogP contribution in [0, 0.1) is 12.7 Å². The van der Waals surface area contributed by atoms with Gasteiger partial charge in [-0.1, -0.05) is 5.16 Å². The Hall–Kier alpha value is -3.23. The number of halogens is 1. The first kappa shape index (κ1) is 18.6. The van der Waals surface area contributed by atoms with E-state index in [9.17, 15) is 9.18 Å². The van der Waals surface area contributed by atoms with E-state index < -0.39 is 5.82 Å². The number of hydrogen-bond donors (Lipinski definition) is 2. The second-order valence-electron chi connectivity index (χ2n) is 6.45. The van der Waals surface area contributed by atoms with Crippen molar-refractivity contribution in [1.82, 2.24) is 25.2 Å². The van der Waals surface area contributed by atoms with Crippen molar-refractivity contribution < 1.29 is 13.7 Å². The summed E-state index contributed by atoms with van der Waals surface area (Å²) < 4.78 is 19.9. The van der Waals surface area contributed by atoms with E-state index in [0.29, 0.717) is 35.2 Å². The number of anilines is 1. The number of amides is 1. The van der Waals surface area contributed by atoms with Gasteiger partial charge in [0.25, 0.3) is 5.91 Å². The summed E-state index contributed by atoms with van der Waals surface area (Å²) in [4.78, 5) is 16.2. The molecule has 0 atom stereocenters. The predicted molar refractivity (Wildman–Crippen MR) is 97.6 cm³/mol. The first-order valence-corrected chi connectivity index (χ1v) is 8.51. The number of aromatic nitrogens is 4. The Kier molecular flexibility index (Phi) is 5.20. The van der Waals surface area contributed by atoms with Crippen molar-refractivity contribution in [3.63, 3.8) is 0 Å². The number of nitrogens with zero attached hydrogens (tertiary/aromatic N) is 4.